The Balaban J connectivity index is 1.82. The van der Waals surface area contributed by atoms with E-state index < -0.39 is 5.54 Å². The second-order valence-corrected chi connectivity index (χ2v) is 6.63. The van der Waals surface area contributed by atoms with Crippen molar-refractivity contribution < 1.29 is 0 Å². The van der Waals surface area contributed by atoms with Crippen LogP contribution in [0.15, 0.2) is 24.7 Å². The molecule has 2 N–H and O–H groups in total. The lowest BCUT2D eigenvalue weighted by molar-refractivity contribution is 0.0885. The molecule has 25 heavy (non-hydrogen) atoms. The molecule has 9 heteroatoms. The second-order valence-electron chi connectivity index (χ2n) is 6.24. The van der Waals surface area contributed by atoms with E-state index in [0.717, 1.165) is 5.52 Å². The van der Waals surface area contributed by atoms with Gasteiger partial charge in [0, 0.05) is 6.20 Å². The van der Waals surface area contributed by atoms with Crippen LogP contribution in [0.4, 0.5) is 5.82 Å². The van der Waals surface area contributed by atoms with Crippen LogP contribution in [0.2, 0.25) is 5.15 Å². The van der Waals surface area contributed by atoms with Gasteiger partial charge in [-0.2, -0.15) is 20.7 Å². The highest BCUT2D eigenvalue weighted by molar-refractivity contribution is 6.29. The van der Waals surface area contributed by atoms with E-state index >= 15 is 0 Å². The quantitative estimate of drug-likeness (QED) is 0.772. The fraction of sp³-hybridized carbons (Fsp3) is 0.312. The number of aromatic nitrogens is 5. The van der Waals surface area contributed by atoms with E-state index in [2.05, 4.69) is 27.3 Å². The van der Waals surface area contributed by atoms with Crippen LogP contribution >= 0.6 is 11.6 Å². The number of rotatable bonds is 3. The molecule has 8 nitrogen and oxygen atoms in total. The predicted molar refractivity (Wildman–Crippen MR) is 90.2 cm³/mol. The molecular weight excluding hydrogens is 340 g/mol. The van der Waals surface area contributed by atoms with E-state index in [9.17, 15) is 5.26 Å². The van der Waals surface area contributed by atoms with Crippen molar-refractivity contribution >= 4 is 22.9 Å². The zero-order valence-electron chi connectivity index (χ0n) is 13.1. The number of anilines is 1. The van der Waals surface area contributed by atoms with Gasteiger partial charge in [-0.05, 0) is 18.9 Å². The van der Waals surface area contributed by atoms with Gasteiger partial charge in [0.05, 0.1) is 53.5 Å². The molecule has 1 fully saturated rings. The standard InChI is InChI=1S/C16H13ClN8/c17-13-9-24-12(1-4-21-24)14(22-13)11-8-25(23-15(11)20)16(2-3-18)5-10(6-16)7-19/h1,4,8-10H,2,5-6H2,(H2,20,23)/t10-,16-. The summed E-state index contributed by atoms with van der Waals surface area (Å²) in [4.78, 5) is 4.37. The van der Waals surface area contributed by atoms with Gasteiger partial charge < -0.3 is 5.73 Å². The summed E-state index contributed by atoms with van der Waals surface area (Å²) in [5.41, 5.74) is 7.61. The Labute approximate surface area is 148 Å². The second kappa shape index (κ2) is 5.47. The molecule has 1 saturated carbocycles. The average molecular weight is 353 g/mol. The van der Waals surface area contributed by atoms with E-state index in [1.54, 1.807) is 27.8 Å². The molecule has 3 aromatic heterocycles. The van der Waals surface area contributed by atoms with Crippen molar-refractivity contribution in [2.75, 3.05) is 5.73 Å². The van der Waals surface area contributed by atoms with Crippen LogP contribution < -0.4 is 5.73 Å². The number of nitriles is 2. The Morgan fingerprint density at radius 1 is 1.36 bits per heavy atom. The molecule has 0 aromatic carbocycles. The van der Waals surface area contributed by atoms with Crippen molar-refractivity contribution in [1.82, 2.24) is 24.4 Å². The van der Waals surface area contributed by atoms with Crippen LogP contribution in [-0.2, 0) is 5.54 Å². The molecule has 0 unspecified atom stereocenters. The first-order valence-corrected chi connectivity index (χ1v) is 8.06. The van der Waals surface area contributed by atoms with Crippen LogP contribution in [0, 0.1) is 28.6 Å². The minimum atomic E-state index is -0.489. The van der Waals surface area contributed by atoms with Crippen LogP contribution in [0.3, 0.4) is 0 Å². The highest BCUT2D eigenvalue weighted by Crippen LogP contribution is 2.46. The normalized spacial score (nSPS) is 22.3. The maximum absolute atomic E-state index is 9.18. The smallest absolute Gasteiger partial charge is 0.155 e. The van der Waals surface area contributed by atoms with Gasteiger partial charge in [-0.25, -0.2) is 9.50 Å². The molecule has 0 spiro atoms. The molecule has 1 aliphatic carbocycles. The number of nitrogen functional groups attached to an aromatic ring is 1. The summed E-state index contributed by atoms with van der Waals surface area (Å²) >= 11 is 6.09. The van der Waals surface area contributed by atoms with Gasteiger partial charge in [-0.3, -0.25) is 4.68 Å². The van der Waals surface area contributed by atoms with Crippen LogP contribution in [0.25, 0.3) is 16.8 Å². The lowest BCUT2D eigenvalue weighted by atomic mass is 9.67. The fourth-order valence-electron chi connectivity index (χ4n) is 3.42. The summed E-state index contributed by atoms with van der Waals surface area (Å²) in [6, 6.07) is 6.25. The monoisotopic (exact) mass is 352 g/mol. The zero-order valence-corrected chi connectivity index (χ0v) is 13.8. The number of fused-ring (bicyclic) bond motifs is 1. The molecule has 3 aromatic rings. The first-order chi connectivity index (χ1) is 12.1. The van der Waals surface area contributed by atoms with Gasteiger partial charge in [-0.15, -0.1) is 0 Å². The van der Waals surface area contributed by atoms with Crippen molar-refractivity contribution in [1.29, 1.82) is 10.5 Å². The Bertz CT molecular complexity index is 1040. The van der Waals surface area contributed by atoms with Gasteiger partial charge in [0.15, 0.2) is 5.82 Å². The van der Waals surface area contributed by atoms with Crippen molar-refractivity contribution in [3.05, 3.63) is 29.8 Å². The van der Waals surface area contributed by atoms with Crippen LogP contribution in [-0.4, -0.2) is 24.4 Å². The van der Waals surface area contributed by atoms with E-state index in [0.29, 0.717) is 35.1 Å². The molecule has 0 atom stereocenters. The molecule has 1 aliphatic rings. The molecular formula is C16H13ClN8. The summed E-state index contributed by atoms with van der Waals surface area (Å²) < 4.78 is 3.34. The Kier molecular flexibility index (Phi) is 3.38. The molecule has 0 aliphatic heterocycles. The number of nitrogens with zero attached hydrogens (tertiary/aromatic N) is 7. The van der Waals surface area contributed by atoms with E-state index in [1.807, 2.05) is 6.07 Å². The highest BCUT2D eigenvalue weighted by atomic mass is 35.5. The number of hydrogen-bond donors (Lipinski definition) is 1. The first-order valence-electron chi connectivity index (χ1n) is 7.69. The molecule has 0 amide bonds. The van der Waals surface area contributed by atoms with Crippen molar-refractivity contribution in [2.24, 2.45) is 5.92 Å². The first kappa shape index (κ1) is 15.4. The fourth-order valence-corrected chi connectivity index (χ4v) is 3.59. The maximum Gasteiger partial charge on any atom is 0.155 e. The minimum Gasteiger partial charge on any atom is -0.382 e. The molecule has 0 radical (unpaired) electrons. The van der Waals surface area contributed by atoms with Crippen molar-refractivity contribution in [3.8, 4) is 23.4 Å². The van der Waals surface area contributed by atoms with E-state index in [1.165, 1.54) is 0 Å². The number of halogens is 1. The summed E-state index contributed by atoms with van der Waals surface area (Å²) in [7, 11) is 0. The number of hydrogen-bond acceptors (Lipinski definition) is 6. The largest absolute Gasteiger partial charge is 0.382 e. The van der Waals surface area contributed by atoms with Gasteiger partial charge in [0.1, 0.15) is 10.8 Å². The zero-order chi connectivity index (χ0) is 17.6. The van der Waals surface area contributed by atoms with Gasteiger partial charge in [-0.1, -0.05) is 11.6 Å². The third kappa shape index (κ3) is 2.31. The van der Waals surface area contributed by atoms with Gasteiger partial charge in [0.2, 0.25) is 0 Å². The third-order valence-electron chi connectivity index (χ3n) is 4.69. The summed E-state index contributed by atoms with van der Waals surface area (Å²) in [5.74, 6) is 0.239. The minimum absolute atomic E-state index is 0.0620. The maximum atomic E-state index is 9.18. The molecule has 3 heterocycles. The van der Waals surface area contributed by atoms with Crippen molar-refractivity contribution in [2.45, 2.75) is 24.8 Å². The lowest BCUT2D eigenvalue weighted by Crippen LogP contribution is -2.46. The van der Waals surface area contributed by atoms with Gasteiger partial charge in [0.25, 0.3) is 0 Å². The lowest BCUT2D eigenvalue weighted by Gasteiger charge is -2.43. The van der Waals surface area contributed by atoms with Gasteiger partial charge >= 0.3 is 0 Å². The predicted octanol–water partition coefficient (Wildman–Crippen LogP) is 2.37. The van der Waals surface area contributed by atoms with E-state index in [4.69, 9.17) is 22.6 Å². The average Bonchev–Trinajstić information content (AvgIpc) is 3.16. The van der Waals surface area contributed by atoms with E-state index in [-0.39, 0.29) is 12.3 Å². The molecule has 124 valence electrons. The summed E-state index contributed by atoms with van der Waals surface area (Å²) in [6.45, 7) is 0. The molecule has 0 saturated heterocycles. The molecule has 4 rings (SSSR count). The number of nitrogens with two attached hydrogens (primary N) is 1. The topological polar surface area (TPSA) is 122 Å². The van der Waals surface area contributed by atoms with Crippen LogP contribution in [0.5, 0.6) is 0 Å². The Morgan fingerprint density at radius 2 is 2.16 bits per heavy atom. The third-order valence-corrected chi connectivity index (χ3v) is 4.87. The van der Waals surface area contributed by atoms with Crippen molar-refractivity contribution in [3.63, 3.8) is 0 Å². The summed E-state index contributed by atoms with van der Waals surface area (Å²) in [6.07, 6.45) is 6.49. The summed E-state index contributed by atoms with van der Waals surface area (Å²) in [5, 5.41) is 27.1. The highest BCUT2D eigenvalue weighted by Gasteiger charge is 2.47. The Morgan fingerprint density at radius 3 is 2.88 bits per heavy atom. The SMILES string of the molecule is N#CC[C@]1(n2cc(-c3nc(Cl)cn4nccc34)c(N)n2)C[C@H](C#N)C1. The van der Waals surface area contributed by atoms with Crippen LogP contribution in [0.1, 0.15) is 19.3 Å². The molecule has 0 bridgehead atoms. The Hall–Kier alpha value is -3.10.